The SMILES string of the molecule is CCc1cnc(CNC(=O)c2c(N)n[nH]c2C)s1. The van der Waals surface area contributed by atoms with Gasteiger partial charge in [-0.25, -0.2) is 4.98 Å². The van der Waals surface area contributed by atoms with E-state index < -0.39 is 0 Å². The summed E-state index contributed by atoms with van der Waals surface area (Å²) in [6.45, 7) is 4.25. The molecule has 0 aromatic carbocycles. The first kappa shape index (κ1) is 12.6. The third kappa shape index (κ3) is 2.51. The summed E-state index contributed by atoms with van der Waals surface area (Å²) < 4.78 is 0. The van der Waals surface area contributed by atoms with Gasteiger partial charge in [0.25, 0.3) is 5.91 Å². The molecule has 0 spiro atoms. The van der Waals surface area contributed by atoms with Crippen LogP contribution in [0.2, 0.25) is 0 Å². The first-order valence-corrected chi connectivity index (χ1v) is 6.45. The maximum Gasteiger partial charge on any atom is 0.257 e. The minimum atomic E-state index is -0.230. The quantitative estimate of drug-likeness (QED) is 0.775. The highest BCUT2D eigenvalue weighted by atomic mass is 32.1. The molecule has 2 aromatic rings. The van der Waals surface area contributed by atoms with E-state index in [0.717, 1.165) is 11.4 Å². The molecule has 4 N–H and O–H groups in total. The number of aryl methyl sites for hydroxylation is 2. The second kappa shape index (κ2) is 5.18. The number of hydrogen-bond donors (Lipinski definition) is 3. The summed E-state index contributed by atoms with van der Waals surface area (Å²) in [5.41, 5.74) is 6.69. The number of anilines is 1. The zero-order chi connectivity index (χ0) is 13.1. The van der Waals surface area contributed by atoms with Crippen LogP contribution >= 0.6 is 11.3 Å². The molecule has 7 heteroatoms. The number of carbonyl (C=O) groups excluding carboxylic acids is 1. The predicted molar refractivity (Wildman–Crippen MR) is 70.4 cm³/mol. The summed E-state index contributed by atoms with van der Waals surface area (Å²) in [6.07, 6.45) is 2.79. The van der Waals surface area contributed by atoms with Crippen molar-refractivity contribution in [3.63, 3.8) is 0 Å². The number of rotatable bonds is 4. The molecular formula is C11H15N5OS. The van der Waals surface area contributed by atoms with E-state index in [1.807, 2.05) is 6.20 Å². The average molecular weight is 265 g/mol. The van der Waals surface area contributed by atoms with E-state index in [0.29, 0.717) is 17.8 Å². The summed E-state index contributed by atoms with van der Waals surface area (Å²) in [5, 5.41) is 10.1. The molecule has 0 bridgehead atoms. The van der Waals surface area contributed by atoms with E-state index in [1.165, 1.54) is 4.88 Å². The highest BCUT2D eigenvalue weighted by Gasteiger charge is 2.16. The number of aromatic nitrogens is 3. The minimum Gasteiger partial charge on any atom is -0.382 e. The van der Waals surface area contributed by atoms with Crippen LogP contribution in [0.1, 0.15) is 32.9 Å². The fraction of sp³-hybridized carbons (Fsp3) is 0.364. The maximum absolute atomic E-state index is 11.9. The van der Waals surface area contributed by atoms with Crippen LogP contribution in [0.5, 0.6) is 0 Å². The number of nitrogens with two attached hydrogens (primary N) is 1. The molecule has 0 radical (unpaired) electrons. The molecule has 0 saturated carbocycles. The lowest BCUT2D eigenvalue weighted by Crippen LogP contribution is -2.23. The average Bonchev–Trinajstić information content (AvgIpc) is 2.93. The molecule has 96 valence electrons. The zero-order valence-electron chi connectivity index (χ0n) is 10.3. The summed E-state index contributed by atoms with van der Waals surface area (Å²) in [7, 11) is 0. The molecule has 2 aromatic heterocycles. The number of hydrogen-bond acceptors (Lipinski definition) is 5. The van der Waals surface area contributed by atoms with E-state index in [9.17, 15) is 4.79 Å². The lowest BCUT2D eigenvalue weighted by Gasteiger charge is -2.02. The molecule has 0 fully saturated rings. The van der Waals surface area contributed by atoms with Gasteiger partial charge in [-0.1, -0.05) is 6.92 Å². The van der Waals surface area contributed by atoms with Crippen molar-refractivity contribution in [1.82, 2.24) is 20.5 Å². The smallest absolute Gasteiger partial charge is 0.257 e. The molecule has 0 unspecified atom stereocenters. The zero-order valence-corrected chi connectivity index (χ0v) is 11.1. The summed E-state index contributed by atoms with van der Waals surface area (Å²) >= 11 is 1.60. The third-order valence-electron chi connectivity index (χ3n) is 2.55. The fourth-order valence-corrected chi connectivity index (χ4v) is 2.37. The Labute approximate surface area is 109 Å². The largest absolute Gasteiger partial charge is 0.382 e. The van der Waals surface area contributed by atoms with E-state index in [2.05, 4.69) is 27.4 Å². The molecule has 0 aliphatic heterocycles. The summed E-state index contributed by atoms with van der Waals surface area (Å²) in [4.78, 5) is 17.4. The Bertz CT molecular complexity index is 540. The highest BCUT2D eigenvalue weighted by molar-refractivity contribution is 7.11. The van der Waals surface area contributed by atoms with Crippen LogP contribution < -0.4 is 11.1 Å². The van der Waals surface area contributed by atoms with Crippen LogP contribution in [0, 0.1) is 6.92 Å². The van der Waals surface area contributed by atoms with Crippen LogP contribution in [0.25, 0.3) is 0 Å². The second-order valence-corrected chi connectivity index (χ2v) is 5.07. The minimum absolute atomic E-state index is 0.221. The van der Waals surface area contributed by atoms with E-state index in [1.54, 1.807) is 18.3 Å². The second-order valence-electron chi connectivity index (χ2n) is 3.87. The number of thiazole rings is 1. The first-order valence-electron chi connectivity index (χ1n) is 5.64. The standard InChI is InChI=1S/C11H15N5OS/c1-3-7-4-13-8(18-7)5-14-11(17)9-6(2)15-16-10(9)12/h4H,3,5H2,1-2H3,(H,14,17)(H3,12,15,16). The van der Waals surface area contributed by atoms with E-state index >= 15 is 0 Å². The van der Waals surface area contributed by atoms with Crippen molar-refractivity contribution >= 4 is 23.1 Å². The maximum atomic E-state index is 11.9. The number of aromatic amines is 1. The van der Waals surface area contributed by atoms with Crippen molar-refractivity contribution in [3.8, 4) is 0 Å². The Kier molecular flexibility index (Phi) is 3.61. The number of nitrogens with zero attached hydrogens (tertiary/aromatic N) is 2. The molecule has 0 atom stereocenters. The molecule has 0 saturated heterocycles. The van der Waals surface area contributed by atoms with Gasteiger partial charge < -0.3 is 11.1 Å². The highest BCUT2D eigenvalue weighted by Crippen LogP contribution is 2.15. The molecular weight excluding hydrogens is 250 g/mol. The molecule has 0 aliphatic rings. The van der Waals surface area contributed by atoms with Crippen molar-refractivity contribution < 1.29 is 4.79 Å². The van der Waals surface area contributed by atoms with Gasteiger partial charge >= 0.3 is 0 Å². The number of nitrogens with one attached hydrogen (secondary N) is 2. The topological polar surface area (TPSA) is 96.7 Å². The first-order chi connectivity index (χ1) is 8.61. The Hall–Kier alpha value is -1.89. The Morgan fingerprint density at radius 1 is 1.61 bits per heavy atom. The van der Waals surface area contributed by atoms with Gasteiger partial charge in [-0.2, -0.15) is 5.10 Å². The van der Waals surface area contributed by atoms with Gasteiger partial charge in [0.1, 0.15) is 10.6 Å². The van der Waals surface area contributed by atoms with Gasteiger partial charge in [0.05, 0.1) is 6.54 Å². The van der Waals surface area contributed by atoms with Crippen LogP contribution in [0.15, 0.2) is 6.20 Å². The lowest BCUT2D eigenvalue weighted by molar-refractivity contribution is 0.0951. The summed E-state index contributed by atoms with van der Waals surface area (Å²) in [5.74, 6) is -0.00890. The molecule has 2 rings (SSSR count). The van der Waals surface area contributed by atoms with E-state index in [4.69, 9.17) is 5.73 Å². The van der Waals surface area contributed by atoms with Crippen molar-refractivity contribution in [2.24, 2.45) is 0 Å². The number of H-pyrrole nitrogens is 1. The van der Waals surface area contributed by atoms with Gasteiger partial charge in [0.2, 0.25) is 0 Å². The fourth-order valence-electron chi connectivity index (χ4n) is 1.57. The van der Waals surface area contributed by atoms with Crippen LogP contribution in [-0.2, 0) is 13.0 Å². The van der Waals surface area contributed by atoms with Gasteiger partial charge in [0.15, 0.2) is 5.82 Å². The molecule has 0 aliphatic carbocycles. The van der Waals surface area contributed by atoms with E-state index in [-0.39, 0.29) is 11.7 Å². The molecule has 18 heavy (non-hydrogen) atoms. The summed E-state index contributed by atoms with van der Waals surface area (Å²) in [6, 6.07) is 0. The molecule has 6 nitrogen and oxygen atoms in total. The van der Waals surface area contributed by atoms with Crippen molar-refractivity contribution in [2.75, 3.05) is 5.73 Å². The number of nitrogen functional groups attached to an aromatic ring is 1. The predicted octanol–water partition coefficient (Wildman–Crippen LogP) is 1.25. The van der Waals surface area contributed by atoms with Crippen LogP contribution in [-0.4, -0.2) is 21.1 Å². The van der Waals surface area contributed by atoms with Gasteiger partial charge in [-0.3, -0.25) is 9.89 Å². The Morgan fingerprint density at radius 2 is 2.39 bits per heavy atom. The molecule has 1 amide bonds. The van der Waals surface area contributed by atoms with Gasteiger partial charge in [0, 0.05) is 16.8 Å². The lowest BCUT2D eigenvalue weighted by atomic mass is 10.2. The molecule has 2 heterocycles. The Balaban J connectivity index is 2.00. The van der Waals surface area contributed by atoms with Crippen LogP contribution in [0.4, 0.5) is 5.82 Å². The normalized spacial score (nSPS) is 10.6. The van der Waals surface area contributed by atoms with Gasteiger partial charge in [-0.15, -0.1) is 11.3 Å². The van der Waals surface area contributed by atoms with Gasteiger partial charge in [-0.05, 0) is 13.3 Å². The number of carbonyl (C=O) groups is 1. The Morgan fingerprint density at radius 3 is 2.94 bits per heavy atom. The van der Waals surface area contributed by atoms with Crippen molar-refractivity contribution in [2.45, 2.75) is 26.8 Å². The van der Waals surface area contributed by atoms with Crippen LogP contribution in [0.3, 0.4) is 0 Å². The van der Waals surface area contributed by atoms with Crippen molar-refractivity contribution in [3.05, 3.63) is 27.3 Å². The number of amides is 1. The van der Waals surface area contributed by atoms with Crippen molar-refractivity contribution in [1.29, 1.82) is 0 Å². The third-order valence-corrected chi connectivity index (χ3v) is 3.69. The monoisotopic (exact) mass is 265 g/mol.